The highest BCUT2D eigenvalue weighted by Crippen LogP contribution is 2.32. The average molecular weight is 318 g/mol. The highest BCUT2D eigenvalue weighted by atomic mass is 35.5. The first-order valence-corrected chi connectivity index (χ1v) is 6.55. The first-order valence-electron chi connectivity index (χ1n) is 6.17. The predicted molar refractivity (Wildman–Crippen MR) is 73.4 cm³/mol. The number of nitrogens with one attached hydrogen (secondary N) is 1. The normalized spacial score (nSPS) is 11.7. The fraction of sp³-hybridized carbons (Fsp3) is 0.200. The predicted octanol–water partition coefficient (Wildman–Crippen LogP) is 4.79. The molecule has 112 valence electrons. The van der Waals surface area contributed by atoms with Crippen molar-refractivity contribution in [2.75, 3.05) is 0 Å². The van der Waals surface area contributed by atoms with Gasteiger partial charge in [0.1, 0.15) is 5.82 Å². The fourth-order valence-corrected chi connectivity index (χ4v) is 2.04. The maximum absolute atomic E-state index is 13.0. The van der Waals surface area contributed by atoms with E-state index in [9.17, 15) is 17.6 Å². The van der Waals surface area contributed by atoms with Crippen LogP contribution in [0.5, 0.6) is 0 Å². The van der Waals surface area contributed by atoms with Crippen molar-refractivity contribution in [2.24, 2.45) is 0 Å². The molecule has 6 heteroatoms. The number of alkyl halides is 3. The van der Waals surface area contributed by atoms with Gasteiger partial charge in [0.25, 0.3) is 0 Å². The highest BCUT2D eigenvalue weighted by Gasteiger charge is 2.33. The van der Waals surface area contributed by atoms with Gasteiger partial charge in [0.15, 0.2) is 0 Å². The monoisotopic (exact) mass is 317 g/mol. The molecule has 0 aliphatic heterocycles. The van der Waals surface area contributed by atoms with Crippen molar-refractivity contribution in [1.82, 2.24) is 5.32 Å². The van der Waals surface area contributed by atoms with Crippen molar-refractivity contribution in [2.45, 2.75) is 19.3 Å². The molecule has 2 aromatic rings. The Morgan fingerprint density at radius 2 is 1.62 bits per heavy atom. The van der Waals surface area contributed by atoms with E-state index in [0.717, 1.165) is 17.7 Å². The van der Waals surface area contributed by atoms with Crippen molar-refractivity contribution in [3.8, 4) is 0 Å². The summed E-state index contributed by atoms with van der Waals surface area (Å²) in [7, 11) is 0. The second-order valence-electron chi connectivity index (χ2n) is 4.53. The molecule has 0 atom stereocenters. The standard InChI is InChI=1S/C15H12ClF4N/c16-12-4-1-10(2-5-12)8-21-9-11-3-6-13(17)7-14(11)15(18,19)20/h1-7,21H,8-9H2. The lowest BCUT2D eigenvalue weighted by atomic mass is 10.1. The smallest absolute Gasteiger partial charge is 0.309 e. The van der Waals surface area contributed by atoms with E-state index < -0.39 is 17.6 Å². The van der Waals surface area contributed by atoms with Gasteiger partial charge < -0.3 is 5.32 Å². The summed E-state index contributed by atoms with van der Waals surface area (Å²) in [5.74, 6) is -0.899. The van der Waals surface area contributed by atoms with E-state index in [0.29, 0.717) is 17.6 Å². The van der Waals surface area contributed by atoms with Crippen LogP contribution in [-0.4, -0.2) is 0 Å². The van der Waals surface area contributed by atoms with E-state index >= 15 is 0 Å². The molecule has 1 N–H and O–H groups in total. The molecule has 0 bridgehead atoms. The minimum absolute atomic E-state index is 0.00223. The molecule has 0 saturated carbocycles. The molecule has 2 aromatic carbocycles. The molecule has 1 nitrogen and oxygen atoms in total. The first-order chi connectivity index (χ1) is 9.86. The van der Waals surface area contributed by atoms with Crippen molar-refractivity contribution in [1.29, 1.82) is 0 Å². The van der Waals surface area contributed by atoms with Gasteiger partial charge in [0.2, 0.25) is 0 Å². The van der Waals surface area contributed by atoms with Gasteiger partial charge in [0.05, 0.1) is 5.56 Å². The second kappa shape index (κ2) is 6.45. The van der Waals surface area contributed by atoms with Gasteiger partial charge in [-0.05, 0) is 35.4 Å². The largest absolute Gasteiger partial charge is 0.416 e. The van der Waals surface area contributed by atoms with Crippen LogP contribution in [0.2, 0.25) is 5.02 Å². The van der Waals surface area contributed by atoms with Crippen molar-refractivity contribution in [3.63, 3.8) is 0 Å². The SMILES string of the molecule is Fc1ccc(CNCc2ccc(Cl)cc2)c(C(F)(F)F)c1. The van der Waals surface area contributed by atoms with Crippen LogP contribution in [-0.2, 0) is 19.3 Å². The van der Waals surface area contributed by atoms with Gasteiger partial charge in [-0.3, -0.25) is 0 Å². The second-order valence-corrected chi connectivity index (χ2v) is 4.97. The van der Waals surface area contributed by atoms with E-state index in [2.05, 4.69) is 5.32 Å². The van der Waals surface area contributed by atoms with Crippen LogP contribution >= 0.6 is 11.6 Å². The van der Waals surface area contributed by atoms with Crippen LogP contribution in [0, 0.1) is 5.82 Å². The fourth-order valence-electron chi connectivity index (χ4n) is 1.91. The molecule has 0 unspecified atom stereocenters. The lowest BCUT2D eigenvalue weighted by molar-refractivity contribution is -0.138. The van der Waals surface area contributed by atoms with Gasteiger partial charge in [-0.2, -0.15) is 13.2 Å². The number of halogens is 5. The summed E-state index contributed by atoms with van der Waals surface area (Å²) in [4.78, 5) is 0. The molecule has 21 heavy (non-hydrogen) atoms. The zero-order valence-corrected chi connectivity index (χ0v) is 11.6. The summed E-state index contributed by atoms with van der Waals surface area (Å²) < 4.78 is 51.4. The third-order valence-corrected chi connectivity index (χ3v) is 3.19. The van der Waals surface area contributed by atoms with Crippen molar-refractivity contribution in [3.05, 3.63) is 70.0 Å². The van der Waals surface area contributed by atoms with Crippen LogP contribution in [0.4, 0.5) is 17.6 Å². The lowest BCUT2D eigenvalue weighted by Crippen LogP contribution is -2.17. The Hall–Kier alpha value is -1.59. The third kappa shape index (κ3) is 4.44. The summed E-state index contributed by atoms with van der Waals surface area (Å²) in [6.45, 7) is 0.392. The Balaban J connectivity index is 2.05. The molecule has 0 fully saturated rings. The van der Waals surface area contributed by atoms with Crippen LogP contribution < -0.4 is 5.32 Å². The van der Waals surface area contributed by atoms with Gasteiger partial charge >= 0.3 is 6.18 Å². The Bertz CT molecular complexity index is 608. The van der Waals surface area contributed by atoms with Crippen LogP contribution in [0.1, 0.15) is 16.7 Å². The number of benzene rings is 2. The molecule has 0 heterocycles. The maximum Gasteiger partial charge on any atom is 0.416 e. The van der Waals surface area contributed by atoms with E-state index in [1.807, 2.05) is 0 Å². The summed E-state index contributed by atoms with van der Waals surface area (Å²) in [5.41, 5.74) is -0.0426. The molecular formula is C15H12ClF4N. The Morgan fingerprint density at radius 3 is 2.24 bits per heavy atom. The Morgan fingerprint density at radius 1 is 0.952 bits per heavy atom. The van der Waals surface area contributed by atoms with Crippen LogP contribution in [0.15, 0.2) is 42.5 Å². The molecule has 0 aromatic heterocycles. The molecule has 0 spiro atoms. The third-order valence-electron chi connectivity index (χ3n) is 2.94. The summed E-state index contributed by atoms with van der Waals surface area (Å²) >= 11 is 5.75. The molecule has 0 saturated heterocycles. The highest BCUT2D eigenvalue weighted by molar-refractivity contribution is 6.30. The van der Waals surface area contributed by atoms with Crippen molar-refractivity contribution >= 4 is 11.6 Å². The lowest BCUT2D eigenvalue weighted by Gasteiger charge is -2.13. The van der Waals surface area contributed by atoms with Gasteiger partial charge in [0, 0.05) is 18.1 Å². The zero-order chi connectivity index (χ0) is 15.5. The Kier molecular flexibility index (Phi) is 4.85. The molecule has 0 amide bonds. The molecular weight excluding hydrogens is 306 g/mol. The maximum atomic E-state index is 13.0. The minimum atomic E-state index is -4.57. The van der Waals surface area contributed by atoms with Gasteiger partial charge in [-0.1, -0.05) is 29.8 Å². The minimum Gasteiger partial charge on any atom is -0.309 e. The topological polar surface area (TPSA) is 12.0 Å². The molecule has 0 aliphatic rings. The zero-order valence-electron chi connectivity index (χ0n) is 10.8. The average Bonchev–Trinajstić information content (AvgIpc) is 2.41. The number of rotatable bonds is 4. The quantitative estimate of drug-likeness (QED) is 0.800. The molecule has 2 rings (SSSR count). The van der Waals surface area contributed by atoms with E-state index in [1.165, 1.54) is 0 Å². The number of hydrogen-bond acceptors (Lipinski definition) is 1. The first kappa shape index (κ1) is 15.8. The van der Waals surface area contributed by atoms with E-state index in [-0.39, 0.29) is 12.1 Å². The van der Waals surface area contributed by atoms with E-state index in [1.54, 1.807) is 24.3 Å². The van der Waals surface area contributed by atoms with Gasteiger partial charge in [-0.25, -0.2) is 4.39 Å². The van der Waals surface area contributed by atoms with Gasteiger partial charge in [-0.15, -0.1) is 0 Å². The molecule has 0 aliphatic carbocycles. The van der Waals surface area contributed by atoms with Crippen LogP contribution in [0.3, 0.4) is 0 Å². The molecule has 0 radical (unpaired) electrons. The van der Waals surface area contributed by atoms with Crippen LogP contribution in [0.25, 0.3) is 0 Å². The van der Waals surface area contributed by atoms with E-state index in [4.69, 9.17) is 11.6 Å². The summed E-state index contributed by atoms with van der Waals surface area (Å²) in [6.07, 6.45) is -4.57. The summed E-state index contributed by atoms with van der Waals surface area (Å²) in [5, 5.41) is 3.50. The Labute approximate surface area is 124 Å². The number of hydrogen-bond donors (Lipinski definition) is 1. The van der Waals surface area contributed by atoms with Crippen molar-refractivity contribution < 1.29 is 17.6 Å². The summed E-state index contributed by atoms with van der Waals surface area (Å²) in [6, 6.07) is 9.66.